The van der Waals surface area contributed by atoms with Gasteiger partial charge in [0.25, 0.3) is 0 Å². The molecule has 1 fully saturated rings. The largest absolute Gasteiger partial charge is 0.479 e. The number of ether oxygens (including phenoxy) is 1. The number of likely N-dealkylation sites (tertiary alicyclic amines) is 1. The maximum Gasteiger partial charge on any atom is 0.341 e. The number of carbonyl (C=O) groups is 3. The first-order valence-corrected chi connectivity index (χ1v) is 5.01. The number of aliphatic carboxylic acids is 1. The Morgan fingerprint density at radius 3 is 2.76 bits per heavy atom. The topological polar surface area (TPSA) is 105 Å². The molecular weight excluding hydrogens is 232 g/mol. The zero-order valence-corrected chi connectivity index (χ0v) is 9.34. The van der Waals surface area contributed by atoms with E-state index in [1.807, 2.05) is 5.48 Å². The van der Waals surface area contributed by atoms with E-state index in [-0.39, 0.29) is 18.4 Å². The molecule has 17 heavy (non-hydrogen) atoms. The second kappa shape index (κ2) is 6.04. The van der Waals surface area contributed by atoms with E-state index in [4.69, 9.17) is 5.11 Å². The van der Waals surface area contributed by atoms with Crippen LogP contribution in [0.25, 0.3) is 0 Å². The molecule has 1 aliphatic rings. The van der Waals surface area contributed by atoms with E-state index >= 15 is 0 Å². The molecule has 0 aromatic carbocycles. The van der Waals surface area contributed by atoms with Crippen LogP contribution in [0.1, 0.15) is 6.42 Å². The molecule has 8 nitrogen and oxygen atoms in total. The molecule has 1 unspecified atom stereocenters. The van der Waals surface area contributed by atoms with Gasteiger partial charge in [0.1, 0.15) is 0 Å². The number of nitrogens with one attached hydrogen (secondary N) is 1. The van der Waals surface area contributed by atoms with Crippen molar-refractivity contribution in [3.8, 4) is 0 Å². The van der Waals surface area contributed by atoms with Gasteiger partial charge in [0.2, 0.25) is 0 Å². The van der Waals surface area contributed by atoms with Crippen molar-refractivity contribution >= 4 is 18.0 Å². The fraction of sp³-hybridized carbons (Fsp3) is 0.667. The number of urea groups is 1. The number of carboxylic acids is 1. The van der Waals surface area contributed by atoms with E-state index < -0.39 is 18.6 Å². The zero-order valence-electron chi connectivity index (χ0n) is 9.34. The van der Waals surface area contributed by atoms with Crippen molar-refractivity contribution in [3.63, 3.8) is 0 Å². The van der Waals surface area contributed by atoms with Crippen molar-refractivity contribution in [1.29, 1.82) is 0 Å². The first kappa shape index (κ1) is 13.2. The van der Waals surface area contributed by atoms with Gasteiger partial charge in [-0.3, -0.25) is 9.63 Å². The summed E-state index contributed by atoms with van der Waals surface area (Å²) in [5, 5.41) is 8.29. The van der Waals surface area contributed by atoms with Crippen molar-refractivity contribution in [2.24, 2.45) is 5.92 Å². The molecule has 2 N–H and O–H groups in total. The van der Waals surface area contributed by atoms with Crippen LogP contribution in [-0.4, -0.2) is 54.8 Å². The quantitative estimate of drug-likeness (QED) is 0.497. The lowest BCUT2D eigenvalue weighted by atomic mass is 10.1. The Bertz CT molecular complexity index is 319. The third-order valence-corrected chi connectivity index (χ3v) is 2.37. The number of hydroxylamine groups is 1. The molecule has 2 amide bonds. The highest BCUT2D eigenvalue weighted by Gasteiger charge is 2.31. The first-order chi connectivity index (χ1) is 8.04. The van der Waals surface area contributed by atoms with Crippen LogP contribution >= 0.6 is 0 Å². The van der Waals surface area contributed by atoms with Gasteiger partial charge >= 0.3 is 18.0 Å². The van der Waals surface area contributed by atoms with Crippen LogP contribution in [0.4, 0.5) is 4.79 Å². The molecule has 0 saturated carbocycles. The van der Waals surface area contributed by atoms with E-state index in [1.54, 1.807) is 0 Å². The highest BCUT2D eigenvalue weighted by molar-refractivity contribution is 5.77. The lowest BCUT2D eigenvalue weighted by Crippen LogP contribution is -2.39. The van der Waals surface area contributed by atoms with Crippen molar-refractivity contribution in [2.45, 2.75) is 6.42 Å². The fourth-order valence-electron chi connectivity index (χ4n) is 1.53. The van der Waals surface area contributed by atoms with Crippen LogP contribution in [0, 0.1) is 5.92 Å². The van der Waals surface area contributed by atoms with Crippen molar-refractivity contribution in [2.75, 3.05) is 26.8 Å². The van der Waals surface area contributed by atoms with Crippen molar-refractivity contribution in [3.05, 3.63) is 0 Å². The Morgan fingerprint density at radius 2 is 2.18 bits per heavy atom. The van der Waals surface area contributed by atoms with Crippen LogP contribution in [0.2, 0.25) is 0 Å². The summed E-state index contributed by atoms with van der Waals surface area (Å²) >= 11 is 0. The van der Waals surface area contributed by atoms with Crippen LogP contribution in [0.3, 0.4) is 0 Å². The van der Waals surface area contributed by atoms with Gasteiger partial charge in [0.05, 0.1) is 13.0 Å². The number of hydrogen-bond acceptors (Lipinski definition) is 5. The summed E-state index contributed by atoms with van der Waals surface area (Å²) in [4.78, 5) is 38.6. The van der Waals surface area contributed by atoms with Crippen LogP contribution in [0.5, 0.6) is 0 Å². The van der Waals surface area contributed by atoms with Crippen LogP contribution < -0.4 is 5.48 Å². The molecule has 0 aliphatic carbocycles. The fourth-order valence-corrected chi connectivity index (χ4v) is 1.53. The first-order valence-electron chi connectivity index (χ1n) is 5.01. The summed E-state index contributed by atoms with van der Waals surface area (Å²) in [6.07, 6.45) is 0.527. The lowest BCUT2D eigenvalue weighted by Gasteiger charge is -2.15. The molecule has 0 aromatic rings. The molecule has 1 rings (SSSR count). The number of hydrogen-bond donors (Lipinski definition) is 2. The number of carboxylic acid groups (broad SMARTS) is 1. The molecule has 0 aromatic heterocycles. The molecular formula is C9H14N2O6. The molecule has 1 atom stereocenters. The number of rotatable bonds is 4. The Balaban J connectivity index is 2.30. The van der Waals surface area contributed by atoms with Gasteiger partial charge in [-0.05, 0) is 6.42 Å². The van der Waals surface area contributed by atoms with Gasteiger partial charge in [-0.25, -0.2) is 15.1 Å². The third-order valence-electron chi connectivity index (χ3n) is 2.37. The van der Waals surface area contributed by atoms with Gasteiger partial charge in [0, 0.05) is 13.1 Å². The predicted octanol–water partition coefficient (Wildman–Crippen LogP) is -0.793. The van der Waals surface area contributed by atoms with Gasteiger partial charge in [-0.1, -0.05) is 0 Å². The van der Waals surface area contributed by atoms with E-state index in [2.05, 4.69) is 9.57 Å². The van der Waals surface area contributed by atoms with E-state index in [9.17, 15) is 14.4 Å². The molecule has 1 aliphatic heterocycles. The second-order valence-electron chi connectivity index (χ2n) is 3.54. The minimum absolute atomic E-state index is 0.245. The maximum atomic E-state index is 11.4. The Kier molecular flexibility index (Phi) is 4.70. The summed E-state index contributed by atoms with van der Waals surface area (Å²) in [5.74, 6) is -1.86. The minimum Gasteiger partial charge on any atom is -0.479 e. The molecule has 0 radical (unpaired) electrons. The van der Waals surface area contributed by atoms with Crippen LogP contribution in [-0.2, 0) is 19.2 Å². The number of amides is 2. The monoisotopic (exact) mass is 246 g/mol. The standard InChI is InChI=1S/C9H14N2O6/c1-16-8(14)6-2-3-11(4-6)9(15)10-17-5-7(12)13/h6H,2-5H2,1H3,(H,10,15)(H,12,13). The zero-order chi connectivity index (χ0) is 12.8. The van der Waals surface area contributed by atoms with Crippen molar-refractivity contribution < 1.29 is 29.1 Å². The molecule has 1 heterocycles. The molecule has 0 bridgehead atoms. The molecule has 0 spiro atoms. The summed E-state index contributed by atoms with van der Waals surface area (Å²) < 4.78 is 4.57. The summed E-state index contributed by atoms with van der Waals surface area (Å²) in [6, 6.07) is -0.558. The normalized spacial score (nSPS) is 18.9. The Hall–Kier alpha value is -1.83. The predicted molar refractivity (Wildman–Crippen MR) is 53.8 cm³/mol. The van der Waals surface area contributed by atoms with Gasteiger partial charge in [-0.15, -0.1) is 0 Å². The summed E-state index contributed by atoms with van der Waals surface area (Å²) in [5.41, 5.74) is 1.99. The average molecular weight is 246 g/mol. The maximum absolute atomic E-state index is 11.4. The molecule has 8 heteroatoms. The average Bonchev–Trinajstić information content (AvgIpc) is 2.76. The van der Waals surface area contributed by atoms with Gasteiger partial charge < -0.3 is 14.7 Å². The Morgan fingerprint density at radius 1 is 1.47 bits per heavy atom. The SMILES string of the molecule is COC(=O)C1CCN(C(=O)NOCC(=O)O)C1. The van der Waals surface area contributed by atoms with E-state index in [0.29, 0.717) is 13.0 Å². The molecule has 96 valence electrons. The number of methoxy groups -OCH3 is 1. The second-order valence-corrected chi connectivity index (χ2v) is 3.54. The van der Waals surface area contributed by atoms with Crippen molar-refractivity contribution in [1.82, 2.24) is 10.4 Å². The van der Waals surface area contributed by atoms with E-state index in [0.717, 1.165) is 0 Å². The van der Waals surface area contributed by atoms with Gasteiger partial charge in [-0.2, -0.15) is 0 Å². The van der Waals surface area contributed by atoms with Gasteiger partial charge in [0.15, 0.2) is 6.61 Å². The highest BCUT2D eigenvalue weighted by atomic mass is 16.7. The van der Waals surface area contributed by atoms with E-state index in [1.165, 1.54) is 12.0 Å². The Labute approximate surface area is 97.4 Å². The molecule has 1 saturated heterocycles. The smallest absolute Gasteiger partial charge is 0.341 e. The van der Waals surface area contributed by atoms with Crippen LogP contribution in [0.15, 0.2) is 0 Å². The highest BCUT2D eigenvalue weighted by Crippen LogP contribution is 2.17. The number of carbonyl (C=O) groups excluding carboxylic acids is 2. The third kappa shape index (κ3) is 3.91. The number of esters is 1. The number of nitrogens with zero attached hydrogens (tertiary/aromatic N) is 1. The summed E-state index contributed by atoms with van der Waals surface area (Å²) in [6.45, 7) is 0.0387. The lowest BCUT2D eigenvalue weighted by molar-refractivity contribution is -0.145. The minimum atomic E-state index is -1.18. The summed E-state index contributed by atoms with van der Waals surface area (Å²) in [7, 11) is 1.29.